The van der Waals surface area contributed by atoms with E-state index in [0.29, 0.717) is 27.3 Å². The second kappa shape index (κ2) is 8.45. The molecule has 0 bridgehead atoms. The van der Waals surface area contributed by atoms with Gasteiger partial charge in [-0.3, -0.25) is 4.79 Å². The Balaban J connectivity index is 1.86. The average molecular weight is 456 g/mol. The maximum absolute atomic E-state index is 13.9. The molecule has 0 radical (unpaired) electrons. The molecule has 0 unspecified atom stereocenters. The van der Waals surface area contributed by atoms with Gasteiger partial charge in [-0.15, -0.1) is 0 Å². The Kier molecular flexibility index (Phi) is 5.67. The van der Waals surface area contributed by atoms with E-state index in [1.807, 2.05) is 6.07 Å². The zero-order valence-corrected chi connectivity index (χ0v) is 17.9. The Morgan fingerprint density at radius 3 is 2.42 bits per heavy atom. The molecule has 1 amide bonds. The summed E-state index contributed by atoms with van der Waals surface area (Å²) in [4.78, 5) is 17.3. The number of carbonyl (C=O) groups is 1. The number of nitrogens with zero attached hydrogens (tertiary/aromatic N) is 3. The van der Waals surface area contributed by atoms with Crippen molar-refractivity contribution in [1.82, 2.24) is 14.6 Å². The predicted molar refractivity (Wildman–Crippen MR) is 116 cm³/mol. The van der Waals surface area contributed by atoms with Crippen LogP contribution in [-0.4, -0.2) is 34.7 Å². The molecule has 2 heterocycles. The van der Waals surface area contributed by atoms with Gasteiger partial charge < -0.3 is 14.8 Å². The van der Waals surface area contributed by atoms with Crippen molar-refractivity contribution in [2.75, 3.05) is 19.5 Å². The maximum atomic E-state index is 13.9. The van der Waals surface area contributed by atoms with Gasteiger partial charge in [-0.25, -0.2) is 9.50 Å². The van der Waals surface area contributed by atoms with Crippen LogP contribution in [0, 0.1) is 6.92 Å². The zero-order chi connectivity index (χ0) is 23.8. The van der Waals surface area contributed by atoms with Gasteiger partial charge >= 0.3 is 6.18 Å². The fourth-order valence-corrected chi connectivity index (χ4v) is 3.37. The molecule has 10 heteroatoms. The maximum Gasteiger partial charge on any atom is 0.433 e. The standard InChI is InChI=1S/C23H19F3N4O3/c1-13-6-4-5-7-16(13)29-22(31)15-12-27-30-20(23(24,25)26)11-17(28-21(15)30)14-8-9-18(32-2)19(10-14)33-3/h4-12H,1-3H3,(H,29,31). The number of ether oxygens (including phenoxy) is 2. The van der Waals surface area contributed by atoms with Crippen molar-refractivity contribution in [3.8, 4) is 22.8 Å². The molecule has 7 nitrogen and oxygen atoms in total. The van der Waals surface area contributed by atoms with Crippen LogP contribution >= 0.6 is 0 Å². The van der Waals surface area contributed by atoms with E-state index in [1.165, 1.54) is 20.3 Å². The summed E-state index contributed by atoms with van der Waals surface area (Å²) in [6.07, 6.45) is -3.66. The molecule has 1 N–H and O–H groups in total. The highest BCUT2D eigenvalue weighted by Gasteiger charge is 2.36. The van der Waals surface area contributed by atoms with Crippen molar-refractivity contribution < 1.29 is 27.4 Å². The van der Waals surface area contributed by atoms with E-state index < -0.39 is 17.8 Å². The Hall–Kier alpha value is -4.08. The van der Waals surface area contributed by atoms with Gasteiger partial charge in [-0.1, -0.05) is 18.2 Å². The van der Waals surface area contributed by atoms with Crippen molar-refractivity contribution in [1.29, 1.82) is 0 Å². The van der Waals surface area contributed by atoms with Crippen molar-refractivity contribution in [2.24, 2.45) is 0 Å². The van der Waals surface area contributed by atoms with Crippen molar-refractivity contribution in [2.45, 2.75) is 13.1 Å². The van der Waals surface area contributed by atoms with Gasteiger partial charge in [0.05, 0.1) is 26.1 Å². The number of anilines is 1. The second-order valence-corrected chi connectivity index (χ2v) is 7.16. The summed E-state index contributed by atoms with van der Waals surface area (Å²) < 4.78 is 52.6. The number of fused-ring (bicyclic) bond motifs is 1. The zero-order valence-electron chi connectivity index (χ0n) is 17.9. The molecule has 0 aliphatic rings. The van der Waals surface area contributed by atoms with E-state index in [-0.39, 0.29) is 16.9 Å². The molecule has 0 aliphatic carbocycles. The first kappa shape index (κ1) is 22.1. The van der Waals surface area contributed by atoms with Gasteiger partial charge in [0.15, 0.2) is 22.8 Å². The molecule has 2 aromatic carbocycles. The topological polar surface area (TPSA) is 77.8 Å². The number of alkyl halides is 3. The van der Waals surface area contributed by atoms with Crippen LogP contribution in [0.5, 0.6) is 11.5 Å². The molecule has 0 fully saturated rings. The number of para-hydroxylation sites is 1. The summed E-state index contributed by atoms with van der Waals surface area (Å²) in [5.41, 5.74) is 0.318. The summed E-state index contributed by atoms with van der Waals surface area (Å²) in [5.74, 6) is 0.127. The molecule has 4 rings (SSSR count). The van der Waals surface area contributed by atoms with Crippen molar-refractivity contribution in [3.63, 3.8) is 0 Å². The summed E-state index contributed by atoms with van der Waals surface area (Å²) in [6, 6.07) is 12.6. The molecule has 33 heavy (non-hydrogen) atoms. The molecular weight excluding hydrogens is 437 g/mol. The first-order valence-corrected chi connectivity index (χ1v) is 9.78. The smallest absolute Gasteiger partial charge is 0.433 e. The van der Waals surface area contributed by atoms with E-state index in [0.717, 1.165) is 17.8 Å². The van der Waals surface area contributed by atoms with Gasteiger partial charge in [0.1, 0.15) is 5.56 Å². The fourth-order valence-electron chi connectivity index (χ4n) is 3.37. The quantitative estimate of drug-likeness (QED) is 0.458. The fraction of sp³-hybridized carbons (Fsp3) is 0.174. The Labute approximate surface area is 186 Å². The highest BCUT2D eigenvalue weighted by Crippen LogP contribution is 2.36. The van der Waals surface area contributed by atoms with E-state index in [2.05, 4.69) is 15.4 Å². The molecule has 0 saturated carbocycles. The molecule has 0 saturated heterocycles. The van der Waals surface area contributed by atoms with Crippen LogP contribution in [0.15, 0.2) is 54.7 Å². The van der Waals surface area contributed by atoms with E-state index in [4.69, 9.17) is 9.47 Å². The molecule has 4 aromatic rings. The van der Waals surface area contributed by atoms with Gasteiger partial charge in [-0.2, -0.15) is 18.3 Å². The minimum atomic E-state index is -4.73. The summed E-state index contributed by atoms with van der Waals surface area (Å²) in [7, 11) is 2.87. The number of hydrogen-bond acceptors (Lipinski definition) is 5. The lowest BCUT2D eigenvalue weighted by Gasteiger charge is -2.13. The number of benzene rings is 2. The molecule has 170 valence electrons. The number of methoxy groups -OCH3 is 2. The number of aryl methyl sites for hydroxylation is 1. The largest absolute Gasteiger partial charge is 0.493 e. The van der Waals surface area contributed by atoms with Gasteiger partial charge in [0.25, 0.3) is 5.91 Å². The van der Waals surface area contributed by atoms with Gasteiger partial charge in [-0.05, 0) is 42.8 Å². The van der Waals surface area contributed by atoms with Crippen LogP contribution in [0.3, 0.4) is 0 Å². The predicted octanol–water partition coefficient (Wildman–Crippen LogP) is 4.99. The molecule has 0 aliphatic heterocycles. The Morgan fingerprint density at radius 2 is 1.76 bits per heavy atom. The number of halogens is 3. The first-order valence-electron chi connectivity index (χ1n) is 9.78. The third-order valence-corrected chi connectivity index (χ3v) is 5.08. The minimum absolute atomic E-state index is 0.00113. The number of amides is 1. The van der Waals surface area contributed by atoms with E-state index in [1.54, 1.807) is 37.3 Å². The van der Waals surface area contributed by atoms with Crippen molar-refractivity contribution in [3.05, 3.63) is 71.5 Å². The highest BCUT2D eigenvalue weighted by atomic mass is 19.4. The third-order valence-electron chi connectivity index (χ3n) is 5.08. The van der Waals surface area contributed by atoms with Crippen molar-refractivity contribution >= 4 is 17.2 Å². The minimum Gasteiger partial charge on any atom is -0.493 e. The average Bonchev–Trinajstić information content (AvgIpc) is 3.22. The summed E-state index contributed by atoms with van der Waals surface area (Å²) in [6.45, 7) is 1.81. The normalized spacial score (nSPS) is 11.5. The number of carbonyl (C=O) groups excluding carboxylic acids is 1. The number of aromatic nitrogens is 3. The van der Waals surface area contributed by atoms with Crippen LogP contribution in [0.1, 0.15) is 21.6 Å². The molecule has 0 spiro atoms. The van der Waals surface area contributed by atoms with E-state index in [9.17, 15) is 18.0 Å². The second-order valence-electron chi connectivity index (χ2n) is 7.16. The first-order chi connectivity index (χ1) is 15.7. The van der Waals surface area contributed by atoms with Crippen LogP contribution in [-0.2, 0) is 6.18 Å². The van der Waals surface area contributed by atoms with Crippen LogP contribution < -0.4 is 14.8 Å². The third kappa shape index (κ3) is 4.19. The van der Waals surface area contributed by atoms with Crippen LogP contribution in [0.2, 0.25) is 0 Å². The van der Waals surface area contributed by atoms with Crippen LogP contribution in [0.4, 0.5) is 18.9 Å². The lowest BCUT2D eigenvalue weighted by Crippen LogP contribution is -2.16. The Morgan fingerprint density at radius 1 is 1.03 bits per heavy atom. The van der Waals surface area contributed by atoms with Gasteiger partial charge in [0.2, 0.25) is 0 Å². The molecule has 2 aromatic heterocycles. The SMILES string of the molecule is COc1ccc(-c2cc(C(F)(F)F)n3ncc(C(=O)Nc4ccccc4C)c3n2)cc1OC. The van der Waals surface area contributed by atoms with Crippen LogP contribution in [0.25, 0.3) is 16.9 Å². The molecular formula is C23H19F3N4O3. The lowest BCUT2D eigenvalue weighted by atomic mass is 10.1. The van der Waals surface area contributed by atoms with E-state index >= 15 is 0 Å². The number of hydrogen-bond donors (Lipinski definition) is 1. The monoisotopic (exact) mass is 456 g/mol. The lowest BCUT2D eigenvalue weighted by molar-refractivity contribution is -0.142. The molecule has 0 atom stereocenters. The number of rotatable bonds is 5. The Bertz CT molecular complexity index is 1350. The number of nitrogens with one attached hydrogen (secondary N) is 1. The highest BCUT2D eigenvalue weighted by molar-refractivity contribution is 6.08. The summed E-state index contributed by atoms with van der Waals surface area (Å²) >= 11 is 0. The summed E-state index contributed by atoms with van der Waals surface area (Å²) in [5, 5.41) is 6.50. The van der Waals surface area contributed by atoms with Gasteiger partial charge in [0, 0.05) is 11.3 Å².